The number of rotatable bonds is 6. The molecule has 0 radical (unpaired) electrons. The molecule has 10 heteroatoms. The molecule has 0 bridgehead atoms. The first kappa shape index (κ1) is 24.0. The minimum Gasteiger partial charge on any atom is -0.379 e. The highest BCUT2D eigenvalue weighted by Crippen LogP contribution is 2.28. The van der Waals surface area contributed by atoms with Gasteiger partial charge in [-0.15, -0.1) is 0 Å². The number of hydrogen-bond acceptors (Lipinski definition) is 6. The molecule has 36 heavy (non-hydrogen) atoms. The van der Waals surface area contributed by atoms with Crippen LogP contribution in [0.25, 0.3) is 0 Å². The number of piperidine rings is 1. The van der Waals surface area contributed by atoms with Gasteiger partial charge in [-0.2, -0.15) is 0 Å². The molecule has 0 saturated carbocycles. The van der Waals surface area contributed by atoms with Crippen LogP contribution in [-0.2, 0) is 34.0 Å². The second-order valence-corrected chi connectivity index (χ2v) is 9.29. The van der Waals surface area contributed by atoms with E-state index in [0.717, 1.165) is 49.5 Å². The first-order valence-corrected chi connectivity index (χ1v) is 12.2. The van der Waals surface area contributed by atoms with Crippen LogP contribution in [0, 0.1) is 0 Å². The van der Waals surface area contributed by atoms with E-state index in [-0.39, 0.29) is 30.8 Å². The lowest BCUT2D eigenvalue weighted by molar-refractivity contribution is -0.136. The van der Waals surface area contributed by atoms with Crippen LogP contribution >= 0.6 is 0 Å². The van der Waals surface area contributed by atoms with E-state index >= 15 is 0 Å². The van der Waals surface area contributed by atoms with Crippen LogP contribution in [0.4, 0.5) is 10.5 Å². The normalized spacial score (nSPS) is 20.2. The third-order valence-corrected chi connectivity index (χ3v) is 6.74. The van der Waals surface area contributed by atoms with Crippen molar-refractivity contribution in [2.45, 2.75) is 38.5 Å². The number of imide groups is 1. The topological polar surface area (TPSA) is 120 Å². The number of nitrogens with zero attached hydrogens (tertiary/aromatic N) is 2. The lowest BCUT2D eigenvalue weighted by Crippen LogP contribution is -2.52. The zero-order valence-electron chi connectivity index (χ0n) is 19.9. The molecule has 5 rings (SSSR count). The number of amides is 5. The summed E-state index contributed by atoms with van der Waals surface area (Å²) in [5.41, 5.74) is 3.96. The fourth-order valence-corrected chi connectivity index (χ4v) is 4.83. The highest BCUT2D eigenvalue weighted by atomic mass is 16.5. The molecule has 0 aliphatic carbocycles. The first-order chi connectivity index (χ1) is 17.5. The predicted molar refractivity (Wildman–Crippen MR) is 131 cm³/mol. The highest BCUT2D eigenvalue weighted by Gasteiger charge is 2.39. The molecule has 2 fully saturated rings. The summed E-state index contributed by atoms with van der Waals surface area (Å²) in [5.74, 6) is -0.973. The van der Waals surface area contributed by atoms with E-state index < -0.39 is 11.9 Å². The minimum atomic E-state index is -0.644. The van der Waals surface area contributed by atoms with Crippen molar-refractivity contribution in [3.8, 4) is 0 Å². The molecular weight excluding hydrogens is 462 g/mol. The van der Waals surface area contributed by atoms with Gasteiger partial charge in [-0.1, -0.05) is 24.3 Å². The van der Waals surface area contributed by atoms with E-state index in [2.05, 4.69) is 20.9 Å². The van der Waals surface area contributed by atoms with Gasteiger partial charge in [0.25, 0.3) is 5.91 Å². The zero-order chi connectivity index (χ0) is 25.1. The Bertz CT molecular complexity index is 1190. The van der Waals surface area contributed by atoms with E-state index in [4.69, 9.17) is 4.74 Å². The average Bonchev–Trinajstić information content (AvgIpc) is 3.19. The van der Waals surface area contributed by atoms with Crippen LogP contribution in [0.5, 0.6) is 0 Å². The van der Waals surface area contributed by atoms with Gasteiger partial charge in [0, 0.05) is 50.4 Å². The van der Waals surface area contributed by atoms with Crippen molar-refractivity contribution >= 4 is 29.4 Å². The maximum atomic E-state index is 13.0. The van der Waals surface area contributed by atoms with Crippen LogP contribution in [-0.4, -0.2) is 65.9 Å². The molecule has 188 valence electrons. The Labute approximate surface area is 209 Å². The molecule has 2 aromatic carbocycles. The first-order valence-electron chi connectivity index (χ1n) is 12.2. The van der Waals surface area contributed by atoms with Crippen molar-refractivity contribution < 1.29 is 23.9 Å². The number of anilines is 1. The number of carbonyl (C=O) groups excluding carboxylic acids is 4. The maximum Gasteiger partial charge on any atom is 0.319 e. The lowest BCUT2D eigenvalue weighted by atomic mass is 10.0. The van der Waals surface area contributed by atoms with E-state index in [1.165, 1.54) is 4.90 Å². The second-order valence-electron chi connectivity index (χ2n) is 9.29. The van der Waals surface area contributed by atoms with Crippen LogP contribution in [0.3, 0.4) is 0 Å². The van der Waals surface area contributed by atoms with Crippen LogP contribution in [0.15, 0.2) is 42.5 Å². The lowest BCUT2D eigenvalue weighted by Gasteiger charge is -2.29. The minimum absolute atomic E-state index is 0.219. The summed E-state index contributed by atoms with van der Waals surface area (Å²) in [6.45, 7) is 4.65. The van der Waals surface area contributed by atoms with E-state index in [1.807, 2.05) is 36.4 Å². The predicted octanol–water partition coefficient (Wildman–Crippen LogP) is 1.60. The standard InChI is InChI=1S/C26H29N5O5/c32-23-7-6-22(24(33)29-23)31-16-19-5-4-17(13-21(19)25(31)34)14-27-26(35)28-20-3-1-2-18(12-20)15-30-8-10-36-11-9-30/h1-5,12-13,22H,6-11,14-16H2,(H2,27,28,35)(H,29,32,33). The van der Waals surface area contributed by atoms with Gasteiger partial charge in [-0.25, -0.2) is 4.79 Å². The van der Waals surface area contributed by atoms with Gasteiger partial charge in [0.1, 0.15) is 6.04 Å². The molecule has 2 aromatic rings. The number of ether oxygens (including phenoxy) is 1. The Morgan fingerprint density at radius 2 is 1.89 bits per heavy atom. The Hall–Kier alpha value is -3.76. The molecule has 10 nitrogen and oxygen atoms in total. The fraction of sp³-hybridized carbons (Fsp3) is 0.385. The highest BCUT2D eigenvalue weighted by molar-refractivity contribution is 6.05. The molecule has 3 heterocycles. The van der Waals surface area contributed by atoms with Gasteiger partial charge in [0.05, 0.1) is 13.2 Å². The molecule has 3 N–H and O–H groups in total. The summed E-state index contributed by atoms with van der Waals surface area (Å²) in [6.07, 6.45) is 0.545. The van der Waals surface area contributed by atoms with Gasteiger partial charge in [0.2, 0.25) is 11.8 Å². The monoisotopic (exact) mass is 491 g/mol. The molecule has 1 unspecified atom stereocenters. The number of carbonyl (C=O) groups is 4. The van der Waals surface area contributed by atoms with Crippen molar-refractivity contribution in [1.82, 2.24) is 20.4 Å². The third-order valence-electron chi connectivity index (χ3n) is 6.74. The smallest absolute Gasteiger partial charge is 0.319 e. The van der Waals surface area contributed by atoms with Crippen molar-refractivity contribution in [1.29, 1.82) is 0 Å². The van der Waals surface area contributed by atoms with E-state index in [1.54, 1.807) is 6.07 Å². The Morgan fingerprint density at radius 3 is 2.69 bits per heavy atom. The van der Waals surface area contributed by atoms with Gasteiger partial charge >= 0.3 is 6.03 Å². The SMILES string of the molecule is O=C1CCC(N2Cc3ccc(CNC(=O)Nc4cccc(CN5CCOCC5)c4)cc3C2=O)C(=O)N1. The number of fused-ring (bicyclic) bond motifs is 1. The van der Waals surface area contributed by atoms with Gasteiger partial charge in [-0.05, 0) is 41.3 Å². The summed E-state index contributed by atoms with van der Waals surface area (Å²) in [7, 11) is 0. The van der Waals surface area contributed by atoms with Crippen molar-refractivity contribution in [3.05, 3.63) is 64.7 Å². The van der Waals surface area contributed by atoms with Crippen LogP contribution in [0.1, 0.15) is 39.9 Å². The number of urea groups is 1. The Balaban J connectivity index is 1.15. The molecule has 0 aromatic heterocycles. The number of morpholine rings is 1. The molecular formula is C26H29N5O5. The average molecular weight is 492 g/mol. The third kappa shape index (κ3) is 5.39. The maximum absolute atomic E-state index is 13.0. The number of hydrogen-bond donors (Lipinski definition) is 3. The molecule has 2 saturated heterocycles. The summed E-state index contributed by atoms with van der Waals surface area (Å²) in [5, 5.41) is 8.01. The Morgan fingerprint density at radius 1 is 1.06 bits per heavy atom. The van der Waals surface area contributed by atoms with Gasteiger partial charge in [-0.3, -0.25) is 24.6 Å². The van der Waals surface area contributed by atoms with Crippen molar-refractivity contribution in [2.75, 3.05) is 31.6 Å². The fourth-order valence-electron chi connectivity index (χ4n) is 4.83. The summed E-state index contributed by atoms with van der Waals surface area (Å²) in [6, 6.07) is 12.3. The summed E-state index contributed by atoms with van der Waals surface area (Å²) in [4.78, 5) is 53.0. The van der Waals surface area contributed by atoms with E-state index in [0.29, 0.717) is 24.2 Å². The quantitative estimate of drug-likeness (QED) is 0.528. The van der Waals surface area contributed by atoms with Gasteiger partial charge in [0.15, 0.2) is 0 Å². The molecule has 3 aliphatic rings. The molecule has 3 aliphatic heterocycles. The van der Waals surface area contributed by atoms with Gasteiger partial charge < -0.3 is 20.3 Å². The molecule has 1 atom stereocenters. The van der Waals surface area contributed by atoms with Crippen molar-refractivity contribution in [2.24, 2.45) is 0 Å². The molecule has 0 spiro atoms. The number of benzene rings is 2. The zero-order valence-corrected chi connectivity index (χ0v) is 19.9. The van der Waals surface area contributed by atoms with E-state index in [9.17, 15) is 19.2 Å². The second kappa shape index (κ2) is 10.5. The summed E-state index contributed by atoms with van der Waals surface area (Å²) < 4.78 is 5.39. The number of nitrogens with one attached hydrogen (secondary N) is 3. The Kier molecular flexibility index (Phi) is 6.97. The van der Waals surface area contributed by atoms with Crippen LogP contribution < -0.4 is 16.0 Å². The largest absolute Gasteiger partial charge is 0.379 e. The summed E-state index contributed by atoms with van der Waals surface area (Å²) >= 11 is 0. The van der Waals surface area contributed by atoms with Crippen molar-refractivity contribution in [3.63, 3.8) is 0 Å². The van der Waals surface area contributed by atoms with Crippen LogP contribution in [0.2, 0.25) is 0 Å². The molecule has 5 amide bonds.